The number of rotatable bonds is 5. The lowest BCUT2D eigenvalue weighted by atomic mass is 10.1. The van der Waals surface area contributed by atoms with E-state index in [0.717, 1.165) is 16.8 Å². The van der Waals surface area contributed by atoms with Gasteiger partial charge in [-0.15, -0.1) is 0 Å². The van der Waals surface area contributed by atoms with Gasteiger partial charge in [0.15, 0.2) is 0 Å². The molecule has 0 aliphatic heterocycles. The van der Waals surface area contributed by atoms with Gasteiger partial charge in [0, 0.05) is 23.0 Å². The SMILES string of the molecule is Cc1ccc(-c2nn(-c3ccccc3)cc2C=NNC(=O)C(=O)Nc2ccc(Cl)c(Cl)c2)cc1. The van der Waals surface area contributed by atoms with Crippen LogP contribution in [0.3, 0.4) is 0 Å². The average Bonchev–Trinajstić information content (AvgIpc) is 3.26. The molecular formula is C25H19Cl2N5O2. The number of para-hydroxylation sites is 1. The van der Waals surface area contributed by atoms with Crippen molar-refractivity contribution in [3.05, 3.63) is 100 Å². The number of benzene rings is 3. The Bertz CT molecular complexity index is 1370. The van der Waals surface area contributed by atoms with Gasteiger partial charge in [-0.2, -0.15) is 10.2 Å². The van der Waals surface area contributed by atoms with Gasteiger partial charge in [-0.3, -0.25) is 9.59 Å². The van der Waals surface area contributed by atoms with Gasteiger partial charge in [0.2, 0.25) is 0 Å². The van der Waals surface area contributed by atoms with E-state index in [9.17, 15) is 9.59 Å². The van der Waals surface area contributed by atoms with Crippen molar-refractivity contribution in [2.45, 2.75) is 6.92 Å². The molecule has 0 radical (unpaired) electrons. The Hall–Kier alpha value is -3.94. The van der Waals surface area contributed by atoms with Crippen LogP contribution in [0.2, 0.25) is 10.0 Å². The fourth-order valence-corrected chi connectivity index (χ4v) is 3.40. The molecule has 0 bridgehead atoms. The highest BCUT2D eigenvalue weighted by Crippen LogP contribution is 2.25. The average molecular weight is 492 g/mol. The van der Waals surface area contributed by atoms with E-state index in [2.05, 4.69) is 15.8 Å². The first-order valence-corrected chi connectivity index (χ1v) is 11.0. The van der Waals surface area contributed by atoms with Crippen LogP contribution in [0.1, 0.15) is 11.1 Å². The van der Waals surface area contributed by atoms with Gasteiger partial charge in [-0.25, -0.2) is 10.1 Å². The number of hydrogen-bond donors (Lipinski definition) is 2. The second-order valence-electron chi connectivity index (χ2n) is 7.36. The molecule has 170 valence electrons. The van der Waals surface area contributed by atoms with Gasteiger partial charge < -0.3 is 5.32 Å². The Morgan fingerprint density at radius 1 is 0.941 bits per heavy atom. The predicted molar refractivity (Wildman–Crippen MR) is 135 cm³/mol. The summed E-state index contributed by atoms with van der Waals surface area (Å²) < 4.78 is 1.73. The van der Waals surface area contributed by atoms with Crippen LogP contribution in [-0.2, 0) is 9.59 Å². The predicted octanol–water partition coefficient (Wildman–Crippen LogP) is 5.24. The lowest BCUT2D eigenvalue weighted by Crippen LogP contribution is -2.32. The van der Waals surface area contributed by atoms with Crippen molar-refractivity contribution >= 4 is 46.9 Å². The van der Waals surface area contributed by atoms with Crippen molar-refractivity contribution < 1.29 is 9.59 Å². The van der Waals surface area contributed by atoms with Crippen molar-refractivity contribution in [2.75, 3.05) is 5.32 Å². The number of hydrogen-bond acceptors (Lipinski definition) is 4. The number of nitrogens with zero attached hydrogens (tertiary/aromatic N) is 3. The van der Waals surface area contributed by atoms with E-state index in [1.165, 1.54) is 24.4 Å². The van der Waals surface area contributed by atoms with Gasteiger partial charge in [0.05, 0.1) is 21.9 Å². The van der Waals surface area contributed by atoms with Crippen LogP contribution in [0.25, 0.3) is 16.9 Å². The summed E-state index contributed by atoms with van der Waals surface area (Å²) in [5.74, 6) is -1.83. The molecule has 4 rings (SSSR count). The van der Waals surface area contributed by atoms with Crippen LogP contribution in [0.15, 0.2) is 84.1 Å². The lowest BCUT2D eigenvalue weighted by Gasteiger charge is -2.05. The number of halogens is 2. The molecule has 0 saturated heterocycles. The summed E-state index contributed by atoms with van der Waals surface area (Å²) >= 11 is 11.8. The summed E-state index contributed by atoms with van der Waals surface area (Å²) in [5.41, 5.74) is 6.82. The standard InChI is InChI=1S/C25H19Cl2N5O2/c1-16-7-9-17(10-8-16)23-18(15-32(31-23)20-5-3-2-4-6-20)14-28-30-25(34)24(33)29-19-11-12-21(26)22(27)13-19/h2-15H,1H3,(H,29,33)(H,30,34). The van der Waals surface area contributed by atoms with Crippen LogP contribution in [0.5, 0.6) is 0 Å². The maximum Gasteiger partial charge on any atom is 0.329 e. The Kier molecular flexibility index (Phi) is 7.06. The van der Waals surface area contributed by atoms with E-state index < -0.39 is 11.8 Å². The molecule has 1 heterocycles. The zero-order chi connectivity index (χ0) is 24.1. The molecule has 4 aromatic rings. The minimum absolute atomic E-state index is 0.261. The topological polar surface area (TPSA) is 88.4 Å². The molecule has 7 nitrogen and oxygen atoms in total. The van der Waals surface area contributed by atoms with E-state index in [1.54, 1.807) is 10.9 Å². The maximum atomic E-state index is 12.2. The third-order valence-electron chi connectivity index (χ3n) is 4.84. The molecule has 0 fully saturated rings. The molecule has 9 heteroatoms. The molecule has 0 saturated carbocycles. The van der Waals surface area contributed by atoms with Gasteiger partial charge in [-0.05, 0) is 37.3 Å². The maximum absolute atomic E-state index is 12.2. The third-order valence-corrected chi connectivity index (χ3v) is 5.58. The molecular weight excluding hydrogens is 473 g/mol. The Morgan fingerprint density at radius 3 is 2.38 bits per heavy atom. The molecule has 1 aromatic heterocycles. The summed E-state index contributed by atoms with van der Waals surface area (Å²) in [7, 11) is 0. The molecule has 0 atom stereocenters. The number of amides is 2. The first kappa shape index (κ1) is 23.2. The van der Waals surface area contributed by atoms with Crippen molar-refractivity contribution in [1.29, 1.82) is 0 Å². The van der Waals surface area contributed by atoms with Crippen LogP contribution >= 0.6 is 23.2 Å². The van der Waals surface area contributed by atoms with Gasteiger partial charge in [-0.1, -0.05) is 71.2 Å². The van der Waals surface area contributed by atoms with Crippen LogP contribution in [-0.4, -0.2) is 27.8 Å². The number of anilines is 1. The molecule has 34 heavy (non-hydrogen) atoms. The highest BCUT2D eigenvalue weighted by Gasteiger charge is 2.15. The highest BCUT2D eigenvalue weighted by atomic mass is 35.5. The minimum atomic E-state index is -0.936. The summed E-state index contributed by atoms with van der Waals surface area (Å²) in [6.07, 6.45) is 3.25. The second kappa shape index (κ2) is 10.3. The number of nitrogens with one attached hydrogen (secondary N) is 2. The molecule has 2 amide bonds. The lowest BCUT2D eigenvalue weighted by molar-refractivity contribution is -0.136. The zero-order valence-electron chi connectivity index (χ0n) is 18.0. The smallest absolute Gasteiger partial charge is 0.318 e. The zero-order valence-corrected chi connectivity index (χ0v) is 19.5. The monoisotopic (exact) mass is 491 g/mol. The number of hydrazone groups is 1. The molecule has 0 spiro atoms. The van der Waals surface area contributed by atoms with Crippen molar-refractivity contribution in [3.63, 3.8) is 0 Å². The Labute approximate surface area is 206 Å². The number of aromatic nitrogens is 2. The van der Waals surface area contributed by atoms with Gasteiger partial charge in [0.25, 0.3) is 0 Å². The second-order valence-corrected chi connectivity index (χ2v) is 8.18. The van der Waals surface area contributed by atoms with Gasteiger partial charge >= 0.3 is 11.8 Å². The molecule has 0 aliphatic carbocycles. The fourth-order valence-electron chi connectivity index (χ4n) is 3.10. The number of aryl methyl sites for hydroxylation is 1. The molecule has 0 aliphatic rings. The van der Waals surface area contributed by atoms with Crippen molar-refractivity contribution in [3.8, 4) is 16.9 Å². The van der Waals surface area contributed by atoms with Crippen LogP contribution in [0, 0.1) is 6.92 Å². The van der Waals surface area contributed by atoms with E-state index in [4.69, 9.17) is 28.3 Å². The van der Waals surface area contributed by atoms with E-state index in [-0.39, 0.29) is 5.02 Å². The van der Waals surface area contributed by atoms with E-state index >= 15 is 0 Å². The van der Waals surface area contributed by atoms with Crippen LogP contribution < -0.4 is 10.7 Å². The Balaban J connectivity index is 1.52. The fraction of sp³-hybridized carbons (Fsp3) is 0.0400. The van der Waals surface area contributed by atoms with Crippen LogP contribution in [0.4, 0.5) is 5.69 Å². The normalized spacial score (nSPS) is 10.9. The van der Waals surface area contributed by atoms with E-state index in [0.29, 0.717) is 22.0 Å². The summed E-state index contributed by atoms with van der Waals surface area (Å²) in [5, 5.41) is 11.7. The summed E-state index contributed by atoms with van der Waals surface area (Å²) in [6, 6.07) is 22.1. The molecule has 0 unspecified atom stereocenters. The largest absolute Gasteiger partial charge is 0.329 e. The highest BCUT2D eigenvalue weighted by molar-refractivity contribution is 6.43. The number of carbonyl (C=O) groups is 2. The Morgan fingerprint density at radius 2 is 1.68 bits per heavy atom. The van der Waals surface area contributed by atoms with Crippen molar-refractivity contribution in [1.82, 2.24) is 15.2 Å². The summed E-state index contributed by atoms with van der Waals surface area (Å²) in [4.78, 5) is 24.4. The third kappa shape index (κ3) is 5.51. The first-order valence-electron chi connectivity index (χ1n) is 10.2. The summed E-state index contributed by atoms with van der Waals surface area (Å²) in [6.45, 7) is 2.01. The molecule has 3 aromatic carbocycles. The minimum Gasteiger partial charge on any atom is -0.318 e. The number of carbonyl (C=O) groups excluding carboxylic acids is 2. The van der Waals surface area contributed by atoms with Crippen molar-refractivity contribution in [2.24, 2.45) is 5.10 Å². The van der Waals surface area contributed by atoms with Gasteiger partial charge in [0.1, 0.15) is 5.69 Å². The first-order chi connectivity index (χ1) is 16.4. The van der Waals surface area contributed by atoms with E-state index in [1.807, 2.05) is 61.5 Å². The molecule has 2 N–H and O–H groups in total. The quantitative estimate of drug-likeness (QED) is 0.227.